The van der Waals surface area contributed by atoms with Gasteiger partial charge in [-0.1, -0.05) is 18.2 Å². The SMILES string of the molecule is COc1cc(Nc2nc3ccccc3nc2NS(=O)(=O)c2cccc(NC(=O)c3ccsc3Br)c2)cc(OC)c1. The minimum Gasteiger partial charge on any atom is -0.497 e. The summed E-state index contributed by atoms with van der Waals surface area (Å²) in [6.07, 6.45) is 0. The van der Waals surface area contributed by atoms with E-state index in [-0.39, 0.29) is 22.4 Å². The molecule has 0 atom stereocenters. The normalized spacial score (nSPS) is 11.2. The number of rotatable bonds is 9. The fourth-order valence-corrected chi connectivity index (χ4v) is 6.06. The number of benzene rings is 3. The lowest BCUT2D eigenvalue weighted by molar-refractivity contribution is 0.102. The van der Waals surface area contributed by atoms with E-state index in [0.29, 0.717) is 43.3 Å². The maximum absolute atomic E-state index is 13.5. The van der Waals surface area contributed by atoms with E-state index in [1.54, 1.807) is 60.0 Å². The maximum Gasteiger partial charge on any atom is 0.263 e. The number of fused-ring (bicyclic) bond motifs is 1. The fraction of sp³-hybridized carbons (Fsp3) is 0.0741. The second-order valence-electron chi connectivity index (χ2n) is 8.33. The van der Waals surface area contributed by atoms with Crippen LogP contribution >= 0.6 is 27.3 Å². The number of carbonyl (C=O) groups excluding carboxylic acids is 1. The summed E-state index contributed by atoms with van der Waals surface area (Å²) in [5, 5.41) is 7.64. The molecule has 0 fully saturated rings. The Morgan fingerprint density at radius 3 is 2.15 bits per heavy atom. The van der Waals surface area contributed by atoms with Crippen molar-refractivity contribution in [1.82, 2.24) is 9.97 Å². The van der Waals surface area contributed by atoms with Gasteiger partial charge in [0.2, 0.25) is 0 Å². The molecule has 0 saturated carbocycles. The van der Waals surface area contributed by atoms with E-state index < -0.39 is 10.0 Å². The Kier molecular flexibility index (Phi) is 7.87. The zero-order valence-corrected chi connectivity index (χ0v) is 24.4. The molecule has 0 unspecified atom stereocenters. The van der Waals surface area contributed by atoms with Crippen molar-refractivity contribution < 1.29 is 22.7 Å². The van der Waals surface area contributed by atoms with Crippen molar-refractivity contribution in [3.8, 4) is 11.5 Å². The van der Waals surface area contributed by atoms with Gasteiger partial charge in [0.05, 0.1) is 39.5 Å². The molecule has 5 aromatic rings. The quantitative estimate of drug-likeness (QED) is 0.172. The summed E-state index contributed by atoms with van der Waals surface area (Å²) >= 11 is 4.72. The summed E-state index contributed by atoms with van der Waals surface area (Å²) in [6.45, 7) is 0. The molecular formula is C27H22BrN5O5S2. The summed E-state index contributed by atoms with van der Waals surface area (Å²) in [5.74, 6) is 0.856. The highest BCUT2D eigenvalue weighted by Crippen LogP contribution is 2.32. The van der Waals surface area contributed by atoms with Gasteiger partial charge in [0.1, 0.15) is 11.5 Å². The average molecular weight is 641 g/mol. The molecule has 0 radical (unpaired) electrons. The predicted octanol–water partition coefficient (Wildman–Crippen LogP) is 6.27. The molecule has 40 heavy (non-hydrogen) atoms. The van der Waals surface area contributed by atoms with Crippen molar-refractivity contribution in [2.75, 3.05) is 29.6 Å². The second kappa shape index (κ2) is 11.5. The summed E-state index contributed by atoms with van der Waals surface area (Å²) in [4.78, 5) is 21.7. The molecule has 13 heteroatoms. The van der Waals surface area contributed by atoms with Crippen molar-refractivity contribution in [2.24, 2.45) is 0 Å². The second-order valence-corrected chi connectivity index (χ2v) is 12.2. The van der Waals surface area contributed by atoms with Crippen LogP contribution in [0.1, 0.15) is 10.4 Å². The number of nitrogens with one attached hydrogen (secondary N) is 3. The lowest BCUT2D eigenvalue weighted by Crippen LogP contribution is -2.17. The Bertz CT molecular complexity index is 1810. The summed E-state index contributed by atoms with van der Waals surface area (Å²) in [7, 11) is -1.08. The number of halogens is 1. The van der Waals surface area contributed by atoms with Crippen LogP contribution in [0.2, 0.25) is 0 Å². The number of hydrogen-bond acceptors (Lipinski definition) is 9. The van der Waals surface area contributed by atoms with E-state index in [0.717, 1.165) is 0 Å². The minimum absolute atomic E-state index is 0.0165. The lowest BCUT2D eigenvalue weighted by atomic mass is 10.2. The zero-order chi connectivity index (χ0) is 28.3. The minimum atomic E-state index is -4.14. The Labute approximate surface area is 242 Å². The Morgan fingerprint density at radius 2 is 1.52 bits per heavy atom. The first-order chi connectivity index (χ1) is 19.3. The maximum atomic E-state index is 13.5. The van der Waals surface area contributed by atoms with Gasteiger partial charge < -0.3 is 20.1 Å². The largest absolute Gasteiger partial charge is 0.497 e. The zero-order valence-electron chi connectivity index (χ0n) is 21.1. The highest BCUT2D eigenvalue weighted by atomic mass is 79.9. The standard InChI is InChI=1S/C27H22BrN5O5S2/c1-37-18-12-17(13-19(15-18)38-2)29-25-26(32-23-9-4-3-8-22(23)31-25)33-40(35,36)20-7-5-6-16(14-20)30-27(34)21-10-11-39-24(21)28/h3-15H,1-2H3,(H,29,31)(H,30,34)(H,32,33). The molecule has 0 aliphatic heterocycles. The topological polar surface area (TPSA) is 132 Å². The van der Waals surface area contributed by atoms with Crippen molar-refractivity contribution in [3.05, 3.63) is 87.5 Å². The van der Waals surface area contributed by atoms with Crippen molar-refractivity contribution in [3.63, 3.8) is 0 Å². The third-order valence-corrected chi connectivity index (χ3v) is 8.70. The van der Waals surface area contributed by atoms with Crippen molar-refractivity contribution >= 4 is 77.2 Å². The molecule has 0 spiro atoms. The number of hydrogen-bond donors (Lipinski definition) is 3. The van der Waals surface area contributed by atoms with Crippen LogP contribution in [0.3, 0.4) is 0 Å². The number of thiophene rings is 1. The van der Waals surface area contributed by atoms with Crippen LogP contribution in [-0.4, -0.2) is 38.5 Å². The van der Waals surface area contributed by atoms with Gasteiger partial charge in [0.15, 0.2) is 11.6 Å². The van der Waals surface area contributed by atoms with E-state index >= 15 is 0 Å². The molecule has 5 rings (SSSR count). The highest BCUT2D eigenvalue weighted by Gasteiger charge is 2.21. The molecule has 0 bridgehead atoms. The third-order valence-electron chi connectivity index (χ3n) is 5.68. The molecule has 204 valence electrons. The van der Waals surface area contributed by atoms with Gasteiger partial charge in [-0.15, -0.1) is 11.3 Å². The Hall–Kier alpha value is -4.20. The highest BCUT2D eigenvalue weighted by molar-refractivity contribution is 9.11. The van der Waals surface area contributed by atoms with Gasteiger partial charge in [-0.25, -0.2) is 18.4 Å². The lowest BCUT2D eigenvalue weighted by Gasteiger charge is -2.15. The number of aromatic nitrogens is 2. The first kappa shape index (κ1) is 27.4. The van der Waals surface area contributed by atoms with E-state index in [1.165, 1.54) is 37.7 Å². The van der Waals surface area contributed by atoms with Gasteiger partial charge in [-0.2, -0.15) is 0 Å². The van der Waals surface area contributed by atoms with E-state index in [4.69, 9.17) is 9.47 Å². The number of nitrogens with zero attached hydrogens (tertiary/aromatic N) is 2. The fourth-order valence-electron chi connectivity index (χ4n) is 3.76. The average Bonchev–Trinajstić information content (AvgIpc) is 3.39. The van der Waals surface area contributed by atoms with Gasteiger partial charge in [-0.3, -0.25) is 9.52 Å². The molecule has 0 aliphatic rings. The van der Waals surface area contributed by atoms with Gasteiger partial charge in [0.25, 0.3) is 15.9 Å². The van der Waals surface area contributed by atoms with Gasteiger partial charge in [0, 0.05) is 29.6 Å². The molecule has 3 N–H and O–H groups in total. The number of carbonyl (C=O) groups is 1. The van der Waals surface area contributed by atoms with E-state index in [2.05, 4.69) is 41.3 Å². The van der Waals surface area contributed by atoms with Crippen LogP contribution in [-0.2, 0) is 10.0 Å². The van der Waals surface area contributed by atoms with Crippen LogP contribution in [0.5, 0.6) is 11.5 Å². The molecule has 2 heterocycles. The number of methoxy groups -OCH3 is 2. The molecule has 1 amide bonds. The van der Waals surface area contributed by atoms with Crippen LogP contribution < -0.4 is 24.8 Å². The van der Waals surface area contributed by atoms with Crippen LogP contribution in [0.15, 0.2) is 86.9 Å². The number of para-hydroxylation sites is 2. The number of ether oxygens (including phenoxy) is 2. The summed E-state index contributed by atoms with van der Waals surface area (Å²) < 4.78 is 40.9. The van der Waals surface area contributed by atoms with Crippen molar-refractivity contribution in [2.45, 2.75) is 4.90 Å². The smallest absolute Gasteiger partial charge is 0.263 e. The Balaban J connectivity index is 1.48. The molecule has 0 aliphatic carbocycles. The summed E-state index contributed by atoms with van der Waals surface area (Å²) in [5.41, 5.74) is 2.37. The molecule has 10 nitrogen and oxygen atoms in total. The number of amides is 1. The van der Waals surface area contributed by atoms with Crippen molar-refractivity contribution in [1.29, 1.82) is 0 Å². The van der Waals surface area contributed by atoms with Gasteiger partial charge in [-0.05, 0) is 57.7 Å². The number of sulfonamides is 1. The van der Waals surface area contributed by atoms with E-state index in [1.807, 2.05) is 6.07 Å². The molecule has 3 aromatic carbocycles. The van der Waals surface area contributed by atoms with E-state index in [9.17, 15) is 13.2 Å². The Morgan fingerprint density at radius 1 is 0.850 bits per heavy atom. The van der Waals surface area contributed by atoms with Crippen LogP contribution in [0.25, 0.3) is 11.0 Å². The first-order valence-corrected chi connectivity index (χ1v) is 14.9. The van der Waals surface area contributed by atoms with Crippen LogP contribution in [0, 0.1) is 0 Å². The summed E-state index contributed by atoms with van der Waals surface area (Å²) in [6, 6.07) is 19.9. The third kappa shape index (κ3) is 6.01. The van der Waals surface area contributed by atoms with Crippen LogP contribution in [0.4, 0.5) is 23.0 Å². The number of anilines is 4. The monoisotopic (exact) mass is 639 g/mol. The molecule has 0 saturated heterocycles. The van der Waals surface area contributed by atoms with Gasteiger partial charge >= 0.3 is 0 Å². The molecular weight excluding hydrogens is 618 g/mol. The molecule has 2 aromatic heterocycles. The predicted molar refractivity (Wildman–Crippen MR) is 160 cm³/mol. The first-order valence-electron chi connectivity index (χ1n) is 11.7.